The van der Waals surface area contributed by atoms with Gasteiger partial charge in [-0.05, 0) is 160 Å². The number of nitrogens with zero attached hydrogens (tertiary/aromatic N) is 3. The highest BCUT2D eigenvalue weighted by molar-refractivity contribution is 7.00. The molecular weight excluding hydrogens is 1240 g/mol. The van der Waals surface area contributed by atoms with Gasteiger partial charge in [0.15, 0.2) is 0 Å². The average molecular weight is 1310 g/mol. The quantitative estimate of drug-likeness (QED) is 0.113. The molecule has 3 aliphatic rings. The minimum Gasteiger partial charge on any atom is -0.310 e. The fraction of sp³-hybridized carbons (Fsp3) is 0.0303. The van der Waals surface area contributed by atoms with Gasteiger partial charge in [0.2, 0.25) is 0 Å². The standard InChI is InChI=1S/C99H70BN3/c1-99(2)86-54-28-29-55-90(86)101(77-44-22-9-23-45-77)91-61-58-73(62-87(91)99)76-65-94-96-95(66-76)103(98-84(71-40-18-7-19-41-71)52-31-53-85(98)72-42-20-8-21-43-72)93-64-75(81-49-27-25-47-79(81)68-34-12-4-13-35-68)57-60-89(93)100(96)88-59-56-74(80-48-26-24-46-78(80)67-32-10-3-11-33-67)63-92(88)102(94)97-82(69-36-14-5-15-37-69)50-30-51-83(97)70-38-16-6-17-39-70/h3-66H,1-2H3. The van der Waals surface area contributed by atoms with Gasteiger partial charge in [-0.3, -0.25) is 0 Å². The second kappa shape index (κ2) is 25.3. The van der Waals surface area contributed by atoms with E-state index in [9.17, 15) is 0 Å². The highest BCUT2D eigenvalue weighted by atomic mass is 15.2. The van der Waals surface area contributed by atoms with Gasteiger partial charge in [-0.1, -0.05) is 347 Å². The summed E-state index contributed by atoms with van der Waals surface area (Å²) < 4.78 is 0. The second-order valence-electron chi connectivity index (χ2n) is 27.8. The molecule has 0 N–H and O–H groups in total. The maximum Gasteiger partial charge on any atom is 0.252 e. The Labute approximate surface area is 603 Å². The molecule has 3 aliphatic heterocycles. The third-order valence-corrected chi connectivity index (χ3v) is 21.7. The van der Waals surface area contributed by atoms with Gasteiger partial charge in [0, 0.05) is 56.1 Å². The highest BCUT2D eigenvalue weighted by Gasteiger charge is 2.46. The lowest BCUT2D eigenvalue weighted by Crippen LogP contribution is -2.61. The van der Waals surface area contributed by atoms with Crippen LogP contribution in [-0.2, 0) is 5.41 Å². The first-order valence-electron chi connectivity index (χ1n) is 35.8. The van der Waals surface area contributed by atoms with Gasteiger partial charge in [-0.2, -0.15) is 0 Å². The van der Waals surface area contributed by atoms with Crippen LogP contribution in [0, 0.1) is 0 Å². The predicted octanol–water partition coefficient (Wildman–Crippen LogP) is 24.9. The number of fused-ring (bicyclic) bond motifs is 6. The molecule has 0 radical (unpaired) electrons. The lowest BCUT2D eigenvalue weighted by molar-refractivity contribution is 0.632. The van der Waals surface area contributed by atoms with Gasteiger partial charge in [0.25, 0.3) is 6.71 Å². The van der Waals surface area contributed by atoms with Crippen LogP contribution in [-0.4, -0.2) is 6.71 Å². The topological polar surface area (TPSA) is 9.72 Å². The van der Waals surface area contributed by atoms with E-state index in [1.807, 2.05) is 0 Å². The third-order valence-electron chi connectivity index (χ3n) is 21.7. The van der Waals surface area contributed by atoms with Crippen LogP contribution in [0.25, 0.3) is 100 Å². The Kier molecular flexibility index (Phi) is 15.0. The van der Waals surface area contributed by atoms with Crippen LogP contribution in [0.1, 0.15) is 25.0 Å². The molecule has 0 aliphatic carbocycles. The van der Waals surface area contributed by atoms with E-state index >= 15 is 0 Å². The summed E-state index contributed by atoms with van der Waals surface area (Å²) in [6.07, 6.45) is 0. The first kappa shape index (κ1) is 61.1. The molecule has 0 unspecified atom stereocenters. The number of hydrogen-bond donors (Lipinski definition) is 0. The minimum absolute atomic E-state index is 0.250. The van der Waals surface area contributed by atoms with Gasteiger partial charge in [-0.25, -0.2) is 0 Å². The monoisotopic (exact) mass is 1310 g/mol. The fourth-order valence-corrected chi connectivity index (χ4v) is 16.9. The minimum atomic E-state index is -0.381. The molecule has 4 heteroatoms. The molecule has 103 heavy (non-hydrogen) atoms. The Morgan fingerprint density at radius 2 is 0.515 bits per heavy atom. The highest BCUT2D eigenvalue weighted by Crippen LogP contribution is 2.57. The van der Waals surface area contributed by atoms with E-state index in [4.69, 9.17) is 0 Å². The van der Waals surface area contributed by atoms with E-state index in [0.717, 1.165) is 107 Å². The molecular formula is C99H70BN3. The Bertz CT molecular complexity index is 5500. The second-order valence-corrected chi connectivity index (χ2v) is 27.8. The number of benzene rings is 16. The van der Waals surface area contributed by atoms with Crippen LogP contribution < -0.4 is 31.1 Å². The van der Waals surface area contributed by atoms with Gasteiger partial charge in [0.05, 0.1) is 22.7 Å². The lowest BCUT2D eigenvalue weighted by Gasteiger charge is -2.46. The molecule has 3 nitrogen and oxygen atoms in total. The summed E-state index contributed by atoms with van der Waals surface area (Å²) in [7, 11) is 0. The van der Waals surface area contributed by atoms with Crippen LogP contribution in [0.15, 0.2) is 388 Å². The summed E-state index contributed by atoms with van der Waals surface area (Å²) in [6, 6.07) is 145. The van der Waals surface area contributed by atoms with Gasteiger partial charge >= 0.3 is 0 Å². The van der Waals surface area contributed by atoms with Crippen molar-refractivity contribution in [3.63, 3.8) is 0 Å². The van der Waals surface area contributed by atoms with Crippen LogP contribution in [0.2, 0.25) is 0 Å². The predicted molar refractivity (Wildman–Crippen MR) is 436 cm³/mol. The van der Waals surface area contributed by atoms with Crippen molar-refractivity contribution in [3.8, 4) is 100 Å². The summed E-state index contributed by atoms with van der Waals surface area (Å²) in [6.45, 7) is 4.57. The van der Waals surface area contributed by atoms with Crippen molar-refractivity contribution in [1.82, 2.24) is 0 Å². The van der Waals surface area contributed by atoms with Crippen molar-refractivity contribution in [2.75, 3.05) is 14.7 Å². The number of para-hydroxylation sites is 4. The largest absolute Gasteiger partial charge is 0.310 e. The Balaban J connectivity index is 0.979. The number of hydrogen-bond acceptors (Lipinski definition) is 3. The van der Waals surface area contributed by atoms with Crippen molar-refractivity contribution < 1.29 is 0 Å². The first-order chi connectivity index (χ1) is 50.9. The zero-order valence-corrected chi connectivity index (χ0v) is 57.4. The molecule has 0 fully saturated rings. The first-order valence-corrected chi connectivity index (χ1v) is 35.8. The Morgan fingerprint density at radius 3 is 0.922 bits per heavy atom. The third kappa shape index (κ3) is 10.4. The molecule has 19 rings (SSSR count). The molecule has 0 saturated carbocycles. The summed E-state index contributed by atoms with van der Waals surface area (Å²) in [5.74, 6) is 0. The van der Waals surface area contributed by atoms with E-state index in [0.29, 0.717) is 0 Å². The van der Waals surface area contributed by atoms with E-state index in [-0.39, 0.29) is 12.1 Å². The smallest absolute Gasteiger partial charge is 0.252 e. The van der Waals surface area contributed by atoms with E-state index in [2.05, 4.69) is 417 Å². The summed E-state index contributed by atoms with van der Waals surface area (Å²) in [4.78, 5) is 7.85. The summed E-state index contributed by atoms with van der Waals surface area (Å²) in [5.41, 5.74) is 36.6. The van der Waals surface area contributed by atoms with Crippen molar-refractivity contribution in [2.24, 2.45) is 0 Å². The van der Waals surface area contributed by atoms with Crippen molar-refractivity contribution in [2.45, 2.75) is 19.3 Å². The summed E-state index contributed by atoms with van der Waals surface area (Å²) >= 11 is 0. The van der Waals surface area contributed by atoms with E-state index in [1.54, 1.807) is 0 Å². The zero-order valence-electron chi connectivity index (χ0n) is 57.4. The summed E-state index contributed by atoms with van der Waals surface area (Å²) in [5, 5.41) is 0. The van der Waals surface area contributed by atoms with Crippen LogP contribution in [0.5, 0.6) is 0 Å². The van der Waals surface area contributed by atoms with Gasteiger partial charge in [0.1, 0.15) is 0 Å². The normalized spacial score (nSPS) is 13.0. The maximum atomic E-state index is 2.69. The van der Waals surface area contributed by atoms with Crippen molar-refractivity contribution in [3.05, 3.63) is 399 Å². The van der Waals surface area contributed by atoms with Crippen molar-refractivity contribution in [1.29, 1.82) is 0 Å². The van der Waals surface area contributed by atoms with Crippen molar-refractivity contribution >= 4 is 74.3 Å². The molecule has 0 atom stereocenters. The molecule has 0 spiro atoms. The van der Waals surface area contributed by atoms with E-state index in [1.165, 1.54) is 72.3 Å². The van der Waals surface area contributed by atoms with Gasteiger partial charge in [-0.15, -0.1) is 0 Å². The Morgan fingerprint density at radius 1 is 0.204 bits per heavy atom. The molecule has 3 heterocycles. The molecule has 0 amide bonds. The number of rotatable bonds is 12. The van der Waals surface area contributed by atoms with E-state index < -0.39 is 0 Å². The van der Waals surface area contributed by atoms with Crippen LogP contribution in [0.4, 0.5) is 51.2 Å². The van der Waals surface area contributed by atoms with Crippen LogP contribution in [0.3, 0.4) is 0 Å². The zero-order chi connectivity index (χ0) is 68.5. The molecule has 16 aromatic rings. The SMILES string of the molecule is CC1(C)c2ccccc2N(c2ccccc2)c2ccc(-c3cc4c5c(c3)N(c3c(-c6ccccc6)cccc3-c3ccccc3)c3cc(-c6ccccc6-c6ccccc6)ccc3B5c3ccc(-c5ccccc5-c5ccccc5)cc3N4c3c(-c4ccccc4)cccc3-c3ccccc3)cc21. The molecule has 0 saturated heterocycles. The maximum absolute atomic E-state index is 2.69. The molecule has 484 valence electrons. The Hall–Kier alpha value is -13.0. The average Bonchev–Trinajstić information content (AvgIpc) is 0.689. The lowest BCUT2D eigenvalue weighted by atomic mass is 9.33. The molecule has 0 aromatic heterocycles. The molecule has 16 aromatic carbocycles. The number of anilines is 9. The van der Waals surface area contributed by atoms with Gasteiger partial charge < -0.3 is 14.7 Å². The van der Waals surface area contributed by atoms with Crippen LogP contribution >= 0.6 is 0 Å². The fourth-order valence-electron chi connectivity index (χ4n) is 16.9. The molecule has 0 bridgehead atoms.